The summed E-state index contributed by atoms with van der Waals surface area (Å²) < 4.78 is 5.18. The quantitative estimate of drug-likeness (QED) is 0.621. The van der Waals surface area contributed by atoms with E-state index in [-0.39, 0.29) is 12.5 Å². The Balaban J connectivity index is 1.45. The van der Waals surface area contributed by atoms with E-state index in [0.29, 0.717) is 17.4 Å². The summed E-state index contributed by atoms with van der Waals surface area (Å²) in [6.45, 7) is 0.146. The molecule has 2 aromatic heterocycles. The van der Waals surface area contributed by atoms with E-state index in [4.69, 9.17) is 4.52 Å². The molecule has 0 unspecified atom stereocenters. The molecule has 0 aliphatic heterocycles. The molecule has 25 heavy (non-hydrogen) atoms. The van der Waals surface area contributed by atoms with Gasteiger partial charge in [-0.25, -0.2) is 4.98 Å². The van der Waals surface area contributed by atoms with Crippen LogP contribution in [0.4, 0.5) is 0 Å². The molecule has 4 aromatic rings. The smallest absolute Gasteiger partial charge is 0.270 e. The fraction of sp³-hybridized carbons (Fsp3) is 0.0526. The van der Waals surface area contributed by atoms with Crippen LogP contribution in [0.5, 0.6) is 0 Å². The molecule has 0 atom stereocenters. The van der Waals surface area contributed by atoms with E-state index in [0.717, 1.165) is 16.5 Å². The van der Waals surface area contributed by atoms with Gasteiger partial charge in [0.15, 0.2) is 0 Å². The first kappa shape index (κ1) is 15.0. The van der Waals surface area contributed by atoms with Crippen molar-refractivity contribution in [2.75, 3.05) is 0 Å². The summed E-state index contributed by atoms with van der Waals surface area (Å²) in [6, 6.07) is 20.7. The lowest BCUT2D eigenvalue weighted by Crippen LogP contribution is -2.23. The van der Waals surface area contributed by atoms with Gasteiger partial charge in [-0.2, -0.15) is 4.98 Å². The van der Waals surface area contributed by atoms with E-state index in [1.165, 1.54) is 0 Å². The minimum absolute atomic E-state index is 0.146. The SMILES string of the molecule is O=C(NCc1nc(-c2ccccc2)no1)c1ccc2ccccc2n1. The number of hydrogen-bond acceptors (Lipinski definition) is 5. The lowest BCUT2D eigenvalue weighted by atomic mass is 10.2. The molecule has 2 heterocycles. The van der Waals surface area contributed by atoms with E-state index in [1.54, 1.807) is 6.07 Å². The lowest BCUT2D eigenvalue weighted by Gasteiger charge is -2.03. The second-order valence-electron chi connectivity index (χ2n) is 5.45. The molecule has 1 amide bonds. The zero-order valence-corrected chi connectivity index (χ0v) is 13.2. The molecule has 122 valence electrons. The zero-order chi connectivity index (χ0) is 17.1. The molecule has 0 saturated heterocycles. The fourth-order valence-electron chi connectivity index (χ4n) is 2.47. The van der Waals surface area contributed by atoms with Gasteiger partial charge in [0.1, 0.15) is 5.69 Å². The van der Waals surface area contributed by atoms with Crippen molar-refractivity contribution < 1.29 is 9.32 Å². The van der Waals surface area contributed by atoms with Gasteiger partial charge in [0.05, 0.1) is 12.1 Å². The number of amides is 1. The Kier molecular flexibility index (Phi) is 3.92. The van der Waals surface area contributed by atoms with Crippen molar-refractivity contribution in [2.24, 2.45) is 0 Å². The Morgan fingerprint density at radius 1 is 0.920 bits per heavy atom. The Morgan fingerprint density at radius 2 is 1.72 bits per heavy atom. The molecule has 0 fully saturated rings. The van der Waals surface area contributed by atoms with E-state index in [1.807, 2.05) is 60.7 Å². The van der Waals surface area contributed by atoms with Crippen LogP contribution in [0.2, 0.25) is 0 Å². The maximum atomic E-state index is 12.3. The summed E-state index contributed by atoms with van der Waals surface area (Å²) in [7, 11) is 0. The van der Waals surface area contributed by atoms with Gasteiger partial charge in [0.2, 0.25) is 11.7 Å². The molecule has 4 rings (SSSR count). The van der Waals surface area contributed by atoms with Gasteiger partial charge < -0.3 is 9.84 Å². The van der Waals surface area contributed by atoms with Crippen molar-refractivity contribution in [1.82, 2.24) is 20.4 Å². The van der Waals surface area contributed by atoms with E-state index in [2.05, 4.69) is 20.4 Å². The molecule has 6 heteroatoms. The molecule has 0 radical (unpaired) electrons. The molecule has 6 nitrogen and oxygen atoms in total. The van der Waals surface area contributed by atoms with Crippen LogP contribution >= 0.6 is 0 Å². The van der Waals surface area contributed by atoms with E-state index < -0.39 is 0 Å². The molecule has 0 bridgehead atoms. The third-order valence-electron chi connectivity index (χ3n) is 3.73. The lowest BCUT2D eigenvalue weighted by molar-refractivity contribution is 0.0941. The van der Waals surface area contributed by atoms with Gasteiger partial charge in [-0.15, -0.1) is 0 Å². The van der Waals surface area contributed by atoms with Gasteiger partial charge in [-0.1, -0.05) is 59.8 Å². The van der Waals surface area contributed by atoms with Crippen molar-refractivity contribution in [2.45, 2.75) is 6.54 Å². The molecule has 0 aliphatic carbocycles. The van der Waals surface area contributed by atoms with Crippen LogP contribution in [0.25, 0.3) is 22.3 Å². The number of para-hydroxylation sites is 1. The highest BCUT2D eigenvalue weighted by Crippen LogP contribution is 2.15. The Morgan fingerprint density at radius 3 is 2.60 bits per heavy atom. The molecular weight excluding hydrogens is 316 g/mol. The Labute approximate surface area is 143 Å². The van der Waals surface area contributed by atoms with E-state index >= 15 is 0 Å². The Bertz CT molecular complexity index is 1030. The summed E-state index contributed by atoms with van der Waals surface area (Å²) in [6.07, 6.45) is 0. The predicted molar refractivity (Wildman–Crippen MR) is 92.6 cm³/mol. The second-order valence-corrected chi connectivity index (χ2v) is 5.45. The highest BCUT2D eigenvalue weighted by atomic mass is 16.5. The summed E-state index contributed by atoms with van der Waals surface area (Å²) in [5.74, 6) is 0.548. The highest BCUT2D eigenvalue weighted by molar-refractivity contribution is 5.94. The highest BCUT2D eigenvalue weighted by Gasteiger charge is 2.12. The molecule has 1 N–H and O–H groups in total. The van der Waals surface area contributed by atoms with Gasteiger partial charge in [-0.05, 0) is 12.1 Å². The first-order valence-corrected chi connectivity index (χ1v) is 7.81. The Hall–Kier alpha value is -3.54. The van der Waals surface area contributed by atoms with Gasteiger partial charge >= 0.3 is 0 Å². The number of nitrogens with one attached hydrogen (secondary N) is 1. The molecule has 2 aromatic carbocycles. The van der Waals surface area contributed by atoms with Crippen molar-refractivity contribution >= 4 is 16.8 Å². The van der Waals surface area contributed by atoms with Crippen molar-refractivity contribution in [3.05, 3.63) is 78.3 Å². The molecular formula is C19H14N4O2. The summed E-state index contributed by atoms with van der Waals surface area (Å²) in [5.41, 5.74) is 1.99. The number of carbonyl (C=O) groups is 1. The van der Waals surface area contributed by atoms with Gasteiger partial charge in [0, 0.05) is 10.9 Å². The molecule has 0 aliphatic rings. The standard InChI is InChI=1S/C19H14N4O2/c24-19(16-11-10-13-6-4-5-9-15(13)21-16)20-12-17-22-18(23-25-17)14-7-2-1-3-8-14/h1-11H,12H2,(H,20,24). The topological polar surface area (TPSA) is 80.9 Å². The van der Waals surface area contributed by atoms with Crippen molar-refractivity contribution in [3.63, 3.8) is 0 Å². The maximum absolute atomic E-state index is 12.3. The van der Waals surface area contributed by atoms with Crippen LogP contribution in [0.3, 0.4) is 0 Å². The zero-order valence-electron chi connectivity index (χ0n) is 13.2. The summed E-state index contributed by atoms with van der Waals surface area (Å²) >= 11 is 0. The normalized spacial score (nSPS) is 10.7. The largest absolute Gasteiger partial charge is 0.342 e. The average Bonchev–Trinajstić information content (AvgIpc) is 3.15. The second kappa shape index (κ2) is 6.52. The van der Waals surface area contributed by atoms with Crippen molar-refractivity contribution in [1.29, 1.82) is 0 Å². The molecule has 0 saturated carbocycles. The van der Waals surface area contributed by atoms with Crippen LogP contribution < -0.4 is 5.32 Å². The number of aromatic nitrogens is 3. The number of rotatable bonds is 4. The van der Waals surface area contributed by atoms with Gasteiger partial charge in [-0.3, -0.25) is 4.79 Å². The third kappa shape index (κ3) is 3.23. The van der Waals surface area contributed by atoms with Crippen molar-refractivity contribution in [3.8, 4) is 11.4 Å². The average molecular weight is 330 g/mol. The number of fused-ring (bicyclic) bond motifs is 1. The number of pyridine rings is 1. The van der Waals surface area contributed by atoms with Crippen LogP contribution in [-0.4, -0.2) is 21.0 Å². The number of nitrogens with zero attached hydrogens (tertiary/aromatic N) is 3. The molecule has 0 spiro atoms. The van der Waals surface area contributed by atoms with Crippen LogP contribution in [0, 0.1) is 0 Å². The summed E-state index contributed by atoms with van der Waals surface area (Å²) in [4.78, 5) is 20.9. The first-order valence-electron chi connectivity index (χ1n) is 7.81. The third-order valence-corrected chi connectivity index (χ3v) is 3.73. The minimum atomic E-state index is -0.287. The van der Waals surface area contributed by atoms with Gasteiger partial charge in [0.25, 0.3) is 5.91 Å². The first-order chi connectivity index (χ1) is 12.3. The number of carbonyl (C=O) groups excluding carboxylic acids is 1. The predicted octanol–water partition coefficient (Wildman–Crippen LogP) is 3.21. The van der Waals surface area contributed by atoms with Crippen LogP contribution in [-0.2, 0) is 6.54 Å². The summed E-state index contributed by atoms with van der Waals surface area (Å²) in [5, 5.41) is 7.66. The van der Waals surface area contributed by atoms with Crippen LogP contribution in [0.15, 0.2) is 71.3 Å². The van der Waals surface area contributed by atoms with Crippen LogP contribution in [0.1, 0.15) is 16.4 Å². The monoisotopic (exact) mass is 330 g/mol. The maximum Gasteiger partial charge on any atom is 0.270 e. The number of hydrogen-bond donors (Lipinski definition) is 1. The fourth-order valence-corrected chi connectivity index (χ4v) is 2.47. The van der Waals surface area contributed by atoms with E-state index in [9.17, 15) is 4.79 Å². The number of benzene rings is 2. The minimum Gasteiger partial charge on any atom is -0.342 e.